The molecule has 0 amide bonds. The molecule has 1 aliphatic heterocycles. The lowest BCUT2D eigenvalue weighted by atomic mass is 9.84. The van der Waals surface area contributed by atoms with Gasteiger partial charge in [-0.3, -0.25) is 4.90 Å². The van der Waals surface area contributed by atoms with Gasteiger partial charge >= 0.3 is 0 Å². The zero-order chi connectivity index (χ0) is 13.9. The summed E-state index contributed by atoms with van der Waals surface area (Å²) in [6, 6.07) is 12.8. The van der Waals surface area contributed by atoms with Crippen LogP contribution in [0, 0.1) is 0 Å². The first-order valence-corrected chi connectivity index (χ1v) is 7.88. The van der Waals surface area contributed by atoms with Gasteiger partial charge in [-0.1, -0.05) is 37.3 Å². The van der Waals surface area contributed by atoms with Gasteiger partial charge in [0.25, 0.3) is 0 Å². The molecule has 20 heavy (non-hydrogen) atoms. The molecule has 110 valence electrons. The third-order valence-electron chi connectivity index (χ3n) is 4.98. The normalized spacial score (nSPS) is 34.7. The first kappa shape index (κ1) is 14.1. The highest BCUT2D eigenvalue weighted by molar-refractivity contribution is 5.21. The smallest absolute Gasteiger partial charge is 0.0601 e. The Labute approximate surface area is 122 Å². The maximum atomic E-state index is 5.46. The molecule has 1 saturated heterocycles. The Kier molecular flexibility index (Phi) is 4.39. The maximum absolute atomic E-state index is 5.46. The number of benzene rings is 1. The first-order chi connectivity index (χ1) is 9.81. The lowest BCUT2D eigenvalue weighted by Gasteiger charge is -2.50. The van der Waals surface area contributed by atoms with Crippen LogP contribution in [0.25, 0.3) is 0 Å². The van der Waals surface area contributed by atoms with Crippen LogP contribution < -0.4 is 5.32 Å². The van der Waals surface area contributed by atoms with Crippen molar-refractivity contribution in [2.24, 2.45) is 0 Å². The van der Waals surface area contributed by atoms with Crippen molar-refractivity contribution in [3.8, 4) is 0 Å². The minimum atomic E-state index is 0.478. The van der Waals surface area contributed by atoms with Crippen LogP contribution in [0.3, 0.4) is 0 Å². The van der Waals surface area contributed by atoms with Crippen molar-refractivity contribution in [2.75, 3.05) is 20.2 Å². The van der Waals surface area contributed by atoms with E-state index < -0.39 is 0 Å². The fraction of sp³-hybridized carbons (Fsp3) is 0.647. The van der Waals surface area contributed by atoms with Crippen molar-refractivity contribution < 1.29 is 4.74 Å². The maximum Gasteiger partial charge on any atom is 0.0601 e. The molecule has 2 unspecified atom stereocenters. The molecule has 1 aromatic carbocycles. The summed E-state index contributed by atoms with van der Waals surface area (Å²) in [5, 5.41) is 3.70. The number of methoxy groups -OCH3 is 1. The largest absolute Gasteiger partial charge is 0.381 e. The Balaban J connectivity index is 1.74. The van der Waals surface area contributed by atoms with E-state index in [4.69, 9.17) is 4.74 Å². The SMILES string of the molecule is CCC1CN(C2CC(OC)C2)C(c2ccccc2)CN1. The van der Waals surface area contributed by atoms with Crippen molar-refractivity contribution in [1.29, 1.82) is 0 Å². The molecule has 1 aromatic rings. The van der Waals surface area contributed by atoms with Gasteiger partial charge in [0.15, 0.2) is 0 Å². The predicted octanol–water partition coefficient (Wildman–Crippen LogP) is 2.59. The molecule has 2 fully saturated rings. The molecule has 1 heterocycles. The van der Waals surface area contributed by atoms with E-state index >= 15 is 0 Å². The lowest BCUT2D eigenvalue weighted by molar-refractivity contribution is -0.0530. The van der Waals surface area contributed by atoms with Crippen LogP contribution in [0.2, 0.25) is 0 Å². The molecule has 1 N–H and O–H groups in total. The van der Waals surface area contributed by atoms with Crippen LogP contribution in [0.5, 0.6) is 0 Å². The number of hydrogen-bond donors (Lipinski definition) is 1. The molecule has 0 spiro atoms. The number of ether oxygens (including phenoxy) is 1. The lowest BCUT2D eigenvalue weighted by Crippen LogP contribution is -2.59. The van der Waals surface area contributed by atoms with Crippen LogP contribution >= 0.6 is 0 Å². The number of hydrogen-bond acceptors (Lipinski definition) is 3. The van der Waals surface area contributed by atoms with E-state index in [-0.39, 0.29) is 0 Å². The van der Waals surface area contributed by atoms with E-state index in [0.717, 1.165) is 13.1 Å². The quantitative estimate of drug-likeness (QED) is 0.913. The van der Waals surface area contributed by atoms with Crippen LogP contribution in [-0.2, 0) is 4.74 Å². The van der Waals surface area contributed by atoms with Crippen molar-refractivity contribution >= 4 is 0 Å². The van der Waals surface area contributed by atoms with Crippen LogP contribution in [0.4, 0.5) is 0 Å². The number of nitrogens with one attached hydrogen (secondary N) is 1. The third-order valence-corrected chi connectivity index (χ3v) is 4.98. The highest BCUT2D eigenvalue weighted by atomic mass is 16.5. The first-order valence-electron chi connectivity index (χ1n) is 7.88. The van der Waals surface area contributed by atoms with Gasteiger partial charge in [0.1, 0.15) is 0 Å². The van der Waals surface area contributed by atoms with Gasteiger partial charge in [0, 0.05) is 38.3 Å². The second-order valence-corrected chi connectivity index (χ2v) is 6.12. The Hall–Kier alpha value is -0.900. The van der Waals surface area contributed by atoms with Gasteiger partial charge in [-0.25, -0.2) is 0 Å². The Morgan fingerprint density at radius 3 is 2.65 bits per heavy atom. The fourth-order valence-corrected chi connectivity index (χ4v) is 3.50. The second kappa shape index (κ2) is 6.25. The van der Waals surface area contributed by atoms with E-state index in [1.54, 1.807) is 0 Å². The van der Waals surface area contributed by atoms with E-state index in [2.05, 4.69) is 47.5 Å². The monoisotopic (exact) mass is 274 g/mol. The van der Waals surface area contributed by atoms with E-state index in [9.17, 15) is 0 Å². The minimum absolute atomic E-state index is 0.478. The number of nitrogens with zero attached hydrogens (tertiary/aromatic N) is 1. The zero-order valence-corrected chi connectivity index (χ0v) is 12.6. The van der Waals surface area contributed by atoms with Gasteiger partial charge in [-0.05, 0) is 24.8 Å². The average Bonchev–Trinajstić information content (AvgIpc) is 2.47. The Morgan fingerprint density at radius 2 is 2.00 bits per heavy atom. The van der Waals surface area contributed by atoms with Gasteiger partial charge in [-0.15, -0.1) is 0 Å². The Morgan fingerprint density at radius 1 is 1.25 bits per heavy atom. The number of piperazine rings is 1. The van der Waals surface area contributed by atoms with Crippen LogP contribution in [0.15, 0.2) is 30.3 Å². The summed E-state index contributed by atoms with van der Waals surface area (Å²) < 4.78 is 5.46. The molecular formula is C17H26N2O. The molecule has 3 nitrogen and oxygen atoms in total. The molecule has 0 bridgehead atoms. The fourth-order valence-electron chi connectivity index (χ4n) is 3.50. The summed E-state index contributed by atoms with van der Waals surface area (Å²) in [4.78, 5) is 2.72. The standard InChI is InChI=1S/C17H26N2O/c1-3-14-12-19(15-9-16(10-15)20-2)17(11-18-14)13-7-5-4-6-8-13/h4-8,14-18H,3,9-12H2,1-2H3. The molecule has 0 radical (unpaired) electrons. The zero-order valence-electron chi connectivity index (χ0n) is 12.6. The van der Waals surface area contributed by atoms with Crippen LogP contribution in [-0.4, -0.2) is 43.3 Å². The summed E-state index contributed by atoms with van der Waals surface area (Å²) in [5.41, 5.74) is 1.44. The van der Waals surface area contributed by atoms with Crippen molar-refractivity contribution in [3.05, 3.63) is 35.9 Å². The summed E-state index contributed by atoms with van der Waals surface area (Å²) >= 11 is 0. The molecule has 3 heteroatoms. The van der Waals surface area contributed by atoms with Gasteiger partial charge in [-0.2, -0.15) is 0 Å². The minimum Gasteiger partial charge on any atom is -0.381 e. The average molecular weight is 274 g/mol. The molecule has 2 atom stereocenters. The van der Waals surface area contributed by atoms with Crippen molar-refractivity contribution in [1.82, 2.24) is 10.2 Å². The predicted molar refractivity (Wildman–Crippen MR) is 81.8 cm³/mol. The van der Waals surface area contributed by atoms with Gasteiger partial charge in [0.05, 0.1) is 6.10 Å². The molecular weight excluding hydrogens is 248 g/mol. The summed E-state index contributed by atoms with van der Waals surface area (Å²) in [6.07, 6.45) is 4.07. The van der Waals surface area contributed by atoms with E-state index in [0.29, 0.717) is 24.2 Å². The van der Waals surface area contributed by atoms with E-state index in [1.165, 1.54) is 24.8 Å². The summed E-state index contributed by atoms with van der Waals surface area (Å²) in [5.74, 6) is 0. The molecule has 0 aromatic heterocycles. The van der Waals surface area contributed by atoms with Crippen molar-refractivity contribution in [3.63, 3.8) is 0 Å². The summed E-state index contributed by atoms with van der Waals surface area (Å²) in [7, 11) is 1.84. The molecule has 3 rings (SSSR count). The molecule has 1 saturated carbocycles. The highest BCUT2D eigenvalue weighted by Gasteiger charge is 2.39. The van der Waals surface area contributed by atoms with Gasteiger partial charge < -0.3 is 10.1 Å². The second-order valence-electron chi connectivity index (χ2n) is 6.12. The van der Waals surface area contributed by atoms with Crippen molar-refractivity contribution in [2.45, 2.75) is 50.4 Å². The molecule has 1 aliphatic carbocycles. The topological polar surface area (TPSA) is 24.5 Å². The highest BCUT2D eigenvalue weighted by Crippen LogP contribution is 2.35. The summed E-state index contributed by atoms with van der Waals surface area (Å²) in [6.45, 7) is 4.51. The number of rotatable bonds is 4. The van der Waals surface area contributed by atoms with E-state index in [1.807, 2.05) is 7.11 Å². The van der Waals surface area contributed by atoms with Gasteiger partial charge in [0.2, 0.25) is 0 Å². The molecule has 2 aliphatic rings. The Bertz CT molecular complexity index is 416. The third kappa shape index (κ3) is 2.76. The van der Waals surface area contributed by atoms with Crippen LogP contribution in [0.1, 0.15) is 37.8 Å².